The molecule has 0 aliphatic carbocycles. The van der Waals surface area contributed by atoms with Crippen molar-refractivity contribution in [2.45, 2.75) is 6.54 Å². The largest absolute Gasteiger partial charge is 0.347 e. The average molecular weight is 296 g/mol. The number of hydrogen-bond acceptors (Lipinski definition) is 5. The molecule has 0 fully saturated rings. The topological polar surface area (TPSA) is 67.8 Å². The molecule has 104 valence electrons. The van der Waals surface area contributed by atoms with Crippen LogP contribution in [0.15, 0.2) is 54.4 Å². The van der Waals surface area contributed by atoms with Crippen LogP contribution in [0.4, 0.5) is 0 Å². The first-order chi connectivity index (χ1) is 10.3. The van der Waals surface area contributed by atoms with Crippen molar-refractivity contribution < 1.29 is 4.79 Å². The van der Waals surface area contributed by atoms with Gasteiger partial charge in [0.15, 0.2) is 0 Å². The van der Waals surface area contributed by atoms with Crippen LogP contribution >= 0.6 is 11.3 Å². The lowest BCUT2D eigenvalue weighted by Crippen LogP contribution is -2.23. The summed E-state index contributed by atoms with van der Waals surface area (Å²) in [7, 11) is 0. The second-order valence-electron chi connectivity index (χ2n) is 4.30. The van der Waals surface area contributed by atoms with Crippen molar-refractivity contribution in [2.75, 3.05) is 0 Å². The van der Waals surface area contributed by atoms with Gasteiger partial charge in [0.2, 0.25) is 0 Å². The summed E-state index contributed by atoms with van der Waals surface area (Å²) in [6.07, 6.45) is 6.22. The molecule has 0 atom stereocenters. The van der Waals surface area contributed by atoms with E-state index in [1.807, 2.05) is 29.6 Å². The van der Waals surface area contributed by atoms with Crippen molar-refractivity contribution in [3.63, 3.8) is 0 Å². The van der Waals surface area contributed by atoms with E-state index < -0.39 is 0 Å². The summed E-state index contributed by atoms with van der Waals surface area (Å²) in [6, 6.07) is 7.87. The minimum absolute atomic E-state index is 0.238. The number of pyridine rings is 1. The van der Waals surface area contributed by atoms with Crippen molar-refractivity contribution in [1.82, 2.24) is 20.3 Å². The molecule has 0 radical (unpaired) electrons. The Hall–Kier alpha value is -2.60. The van der Waals surface area contributed by atoms with E-state index in [1.165, 1.54) is 18.6 Å². The average Bonchev–Trinajstić information content (AvgIpc) is 3.08. The Morgan fingerprint density at radius 3 is 2.90 bits per heavy atom. The number of carbonyl (C=O) groups is 1. The zero-order valence-electron chi connectivity index (χ0n) is 11.1. The summed E-state index contributed by atoms with van der Waals surface area (Å²) in [5.74, 6) is -0.238. The van der Waals surface area contributed by atoms with E-state index in [9.17, 15) is 4.79 Å². The molecule has 0 saturated heterocycles. The number of carbonyl (C=O) groups excluding carboxylic acids is 1. The maximum Gasteiger partial charge on any atom is 0.271 e. The normalized spacial score (nSPS) is 10.3. The number of aromatic nitrogens is 3. The molecule has 5 nitrogen and oxygen atoms in total. The molecule has 0 spiro atoms. The van der Waals surface area contributed by atoms with Crippen molar-refractivity contribution in [1.29, 1.82) is 0 Å². The molecule has 0 saturated carbocycles. The minimum Gasteiger partial charge on any atom is -0.347 e. The first-order valence-corrected chi connectivity index (χ1v) is 7.24. The Morgan fingerprint density at radius 2 is 2.14 bits per heavy atom. The molecule has 6 heteroatoms. The van der Waals surface area contributed by atoms with Crippen molar-refractivity contribution in [3.05, 3.63) is 65.7 Å². The molecule has 0 aliphatic heterocycles. The van der Waals surface area contributed by atoms with E-state index in [0.717, 1.165) is 16.1 Å². The van der Waals surface area contributed by atoms with Gasteiger partial charge in [-0.2, -0.15) is 0 Å². The number of nitrogens with one attached hydrogen (secondary N) is 1. The zero-order chi connectivity index (χ0) is 14.5. The maximum atomic E-state index is 11.9. The van der Waals surface area contributed by atoms with Crippen LogP contribution in [0.3, 0.4) is 0 Å². The summed E-state index contributed by atoms with van der Waals surface area (Å²) in [6.45, 7) is 0.427. The fourth-order valence-electron chi connectivity index (χ4n) is 1.83. The van der Waals surface area contributed by atoms with Gasteiger partial charge in [0.1, 0.15) is 5.69 Å². The third-order valence-corrected chi connectivity index (χ3v) is 3.74. The first kappa shape index (κ1) is 13.4. The maximum absolute atomic E-state index is 11.9. The Bertz CT molecular complexity index is 728. The smallest absolute Gasteiger partial charge is 0.271 e. The van der Waals surface area contributed by atoms with Crippen LogP contribution in [0.5, 0.6) is 0 Å². The highest BCUT2D eigenvalue weighted by Crippen LogP contribution is 2.22. The molecule has 21 heavy (non-hydrogen) atoms. The summed E-state index contributed by atoms with van der Waals surface area (Å²) >= 11 is 1.64. The molecular formula is C15H12N4OS. The van der Waals surface area contributed by atoms with Gasteiger partial charge >= 0.3 is 0 Å². The zero-order valence-corrected chi connectivity index (χ0v) is 11.9. The standard InChI is InChI=1S/C15H12N4OS/c20-15(13-10-16-5-6-18-13)19-9-11-3-4-17-12(8-11)14-2-1-7-21-14/h1-8,10H,9H2,(H,19,20). The van der Waals surface area contributed by atoms with Crippen LogP contribution < -0.4 is 5.32 Å². The summed E-state index contributed by atoms with van der Waals surface area (Å²) in [5.41, 5.74) is 2.21. The van der Waals surface area contributed by atoms with Crippen LogP contribution in [0.25, 0.3) is 10.6 Å². The SMILES string of the molecule is O=C(NCc1ccnc(-c2cccs2)c1)c1cnccn1. The van der Waals surface area contributed by atoms with Gasteiger partial charge in [-0.15, -0.1) is 11.3 Å². The van der Waals surface area contributed by atoms with Gasteiger partial charge in [0.05, 0.1) is 16.8 Å². The van der Waals surface area contributed by atoms with Crippen LogP contribution in [0.2, 0.25) is 0 Å². The molecular weight excluding hydrogens is 284 g/mol. The predicted octanol–water partition coefficient (Wildman–Crippen LogP) is 2.53. The predicted molar refractivity (Wildman–Crippen MR) is 80.8 cm³/mol. The third-order valence-electron chi connectivity index (χ3n) is 2.85. The monoisotopic (exact) mass is 296 g/mol. The summed E-state index contributed by atoms with van der Waals surface area (Å²) in [4.78, 5) is 25.2. The first-order valence-electron chi connectivity index (χ1n) is 6.36. The molecule has 1 amide bonds. The molecule has 0 aliphatic rings. The summed E-state index contributed by atoms with van der Waals surface area (Å²) < 4.78 is 0. The van der Waals surface area contributed by atoms with E-state index in [2.05, 4.69) is 20.3 Å². The quantitative estimate of drug-likeness (QED) is 0.803. The highest BCUT2D eigenvalue weighted by molar-refractivity contribution is 7.13. The second kappa shape index (κ2) is 6.23. The number of nitrogens with zero attached hydrogens (tertiary/aromatic N) is 3. The van der Waals surface area contributed by atoms with Gasteiger partial charge in [-0.05, 0) is 29.1 Å². The number of amides is 1. The van der Waals surface area contributed by atoms with Gasteiger partial charge < -0.3 is 5.32 Å². The Labute approximate surface area is 125 Å². The third kappa shape index (κ3) is 3.29. The minimum atomic E-state index is -0.238. The molecule has 3 aromatic heterocycles. The van der Waals surface area contributed by atoms with Gasteiger partial charge in [-0.3, -0.25) is 14.8 Å². The Balaban J connectivity index is 1.69. The Morgan fingerprint density at radius 1 is 1.19 bits per heavy atom. The lowest BCUT2D eigenvalue weighted by Gasteiger charge is -2.05. The highest BCUT2D eigenvalue weighted by Gasteiger charge is 2.07. The molecule has 3 heterocycles. The molecule has 0 bridgehead atoms. The van der Waals surface area contributed by atoms with E-state index in [4.69, 9.17) is 0 Å². The van der Waals surface area contributed by atoms with Crippen molar-refractivity contribution >= 4 is 17.2 Å². The summed E-state index contributed by atoms with van der Waals surface area (Å²) in [5, 5.41) is 4.84. The van der Waals surface area contributed by atoms with Crippen molar-refractivity contribution in [3.8, 4) is 10.6 Å². The van der Waals surface area contributed by atoms with Crippen molar-refractivity contribution in [2.24, 2.45) is 0 Å². The van der Waals surface area contributed by atoms with Gasteiger partial charge in [0, 0.05) is 25.1 Å². The van der Waals surface area contributed by atoms with Crippen LogP contribution in [0, 0.1) is 0 Å². The fourth-order valence-corrected chi connectivity index (χ4v) is 2.53. The van der Waals surface area contributed by atoms with Gasteiger partial charge in [0.25, 0.3) is 5.91 Å². The molecule has 0 unspecified atom stereocenters. The van der Waals surface area contributed by atoms with E-state index in [-0.39, 0.29) is 5.91 Å². The van der Waals surface area contributed by atoms with Gasteiger partial charge in [-0.1, -0.05) is 6.07 Å². The molecule has 0 aromatic carbocycles. The highest BCUT2D eigenvalue weighted by atomic mass is 32.1. The number of thiophene rings is 1. The Kier molecular flexibility index (Phi) is 3.97. The van der Waals surface area contributed by atoms with Crippen LogP contribution in [0.1, 0.15) is 16.1 Å². The molecule has 3 rings (SSSR count). The van der Waals surface area contributed by atoms with E-state index >= 15 is 0 Å². The fraction of sp³-hybridized carbons (Fsp3) is 0.0667. The molecule has 3 aromatic rings. The lowest BCUT2D eigenvalue weighted by molar-refractivity contribution is 0.0945. The van der Waals surface area contributed by atoms with E-state index in [1.54, 1.807) is 17.5 Å². The number of hydrogen-bond donors (Lipinski definition) is 1. The van der Waals surface area contributed by atoms with Gasteiger partial charge in [-0.25, -0.2) is 4.98 Å². The van der Waals surface area contributed by atoms with Crippen LogP contribution in [-0.4, -0.2) is 20.9 Å². The number of rotatable bonds is 4. The van der Waals surface area contributed by atoms with Crippen LogP contribution in [-0.2, 0) is 6.54 Å². The lowest BCUT2D eigenvalue weighted by atomic mass is 10.2. The molecule has 1 N–H and O–H groups in total. The second-order valence-corrected chi connectivity index (χ2v) is 5.25. The van der Waals surface area contributed by atoms with E-state index in [0.29, 0.717) is 12.2 Å².